The fraction of sp³-hybridized carbons (Fsp3) is 0.615. The average Bonchev–Trinajstić information content (AvgIpc) is 2.38. The molecule has 0 bridgehead atoms. The summed E-state index contributed by atoms with van der Waals surface area (Å²) in [5.74, 6) is 1.76. The number of aliphatic hydroxyl groups is 1. The average molecular weight is 236 g/mol. The van der Waals surface area contributed by atoms with Crippen LogP contribution in [0.3, 0.4) is 0 Å². The summed E-state index contributed by atoms with van der Waals surface area (Å²) in [6.45, 7) is 4.50. The van der Waals surface area contributed by atoms with Gasteiger partial charge in [-0.25, -0.2) is 4.98 Å². The van der Waals surface area contributed by atoms with Crippen LogP contribution in [-0.4, -0.2) is 35.9 Å². The normalized spacial score (nSPS) is 17.2. The van der Waals surface area contributed by atoms with Crippen LogP contribution in [0.5, 0.6) is 5.75 Å². The Labute approximate surface area is 102 Å². The number of rotatable bonds is 4. The molecule has 1 aliphatic heterocycles. The third-order valence-electron chi connectivity index (χ3n) is 2.98. The van der Waals surface area contributed by atoms with Crippen molar-refractivity contribution >= 4 is 5.82 Å². The lowest BCUT2D eigenvalue weighted by Crippen LogP contribution is -2.36. The number of nitrogens with zero attached hydrogens (tertiary/aromatic N) is 2. The number of aliphatic hydroxyl groups excluding tert-OH is 1. The zero-order chi connectivity index (χ0) is 12.1. The van der Waals surface area contributed by atoms with Crippen LogP contribution in [0.1, 0.15) is 26.2 Å². The molecule has 0 spiro atoms. The monoisotopic (exact) mass is 236 g/mol. The van der Waals surface area contributed by atoms with Gasteiger partial charge in [0.25, 0.3) is 0 Å². The summed E-state index contributed by atoms with van der Waals surface area (Å²) in [5.41, 5.74) is 0. The molecule has 94 valence electrons. The number of ether oxygens (including phenoxy) is 1. The first-order valence-corrected chi connectivity index (χ1v) is 6.32. The second kappa shape index (κ2) is 5.87. The SMILES string of the molecule is CCCOc1cccnc1N1CCC(O)CC1. The second-order valence-electron chi connectivity index (χ2n) is 4.39. The predicted octanol–water partition coefficient (Wildman–Crippen LogP) is 1.83. The van der Waals surface area contributed by atoms with Crippen molar-refractivity contribution in [2.75, 3.05) is 24.6 Å². The standard InChI is InChI=1S/C13H20N2O2/c1-2-10-17-12-4-3-7-14-13(12)15-8-5-11(16)6-9-15/h3-4,7,11,16H,2,5-6,8-10H2,1H3. The minimum atomic E-state index is -0.157. The van der Waals surface area contributed by atoms with E-state index in [-0.39, 0.29) is 6.10 Å². The van der Waals surface area contributed by atoms with Crippen molar-refractivity contribution in [1.29, 1.82) is 0 Å². The van der Waals surface area contributed by atoms with Crippen molar-refractivity contribution < 1.29 is 9.84 Å². The minimum absolute atomic E-state index is 0.157. The van der Waals surface area contributed by atoms with Gasteiger partial charge in [0.2, 0.25) is 0 Å². The maximum absolute atomic E-state index is 9.51. The molecule has 0 amide bonds. The van der Waals surface area contributed by atoms with Crippen LogP contribution >= 0.6 is 0 Å². The molecule has 0 aliphatic carbocycles. The quantitative estimate of drug-likeness (QED) is 0.866. The molecule has 2 heterocycles. The van der Waals surface area contributed by atoms with Gasteiger partial charge in [-0.1, -0.05) is 6.92 Å². The van der Waals surface area contributed by atoms with Gasteiger partial charge in [0.05, 0.1) is 12.7 Å². The van der Waals surface area contributed by atoms with Gasteiger partial charge in [-0.05, 0) is 31.4 Å². The molecule has 1 N–H and O–H groups in total. The first-order chi connectivity index (χ1) is 8.31. The molecule has 0 radical (unpaired) electrons. The zero-order valence-electron chi connectivity index (χ0n) is 10.3. The smallest absolute Gasteiger partial charge is 0.171 e. The third kappa shape index (κ3) is 3.09. The Balaban J connectivity index is 2.08. The van der Waals surface area contributed by atoms with Crippen molar-refractivity contribution in [3.05, 3.63) is 18.3 Å². The van der Waals surface area contributed by atoms with E-state index in [1.54, 1.807) is 6.20 Å². The van der Waals surface area contributed by atoms with Gasteiger partial charge < -0.3 is 14.7 Å². The molecular weight excluding hydrogens is 216 g/mol. The highest BCUT2D eigenvalue weighted by atomic mass is 16.5. The summed E-state index contributed by atoms with van der Waals surface area (Å²) in [5, 5.41) is 9.51. The van der Waals surface area contributed by atoms with E-state index in [0.717, 1.165) is 50.5 Å². The molecule has 1 aromatic heterocycles. The third-order valence-corrected chi connectivity index (χ3v) is 2.98. The van der Waals surface area contributed by atoms with E-state index in [9.17, 15) is 5.11 Å². The molecule has 0 aromatic carbocycles. The first kappa shape index (κ1) is 12.2. The van der Waals surface area contributed by atoms with E-state index in [1.807, 2.05) is 12.1 Å². The highest BCUT2D eigenvalue weighted by molar-refractivity contribution is 5.52. The molecule has 2 rings (SSSR count). The van der Waals surface area contributed by atoms with Crippen LogP contribution in [0.15, 0.2) is 18.3 Å². The number of pyridine rings is 1. The second-order valence-corrected chi connectivity index (χ2v) is 4.39. The summed E-state index contributed by atoms with van der Waals surface area (Å²) in [7, 11) is 0. The van der Waals surface area contributed by atoms with Crippen LogP contribution in [0.2, 0.25) is 0 Å². The van der Waals surface area contributed by atoms with E-state index in [0.29, 0.717) is 0 Å². The molecule has 4 heteroatoms. The summed E-state index contributed by atoms with van der Waals surface area (Å²) < 4.78 is 5.70. The number of anilines is 1. The molecule has 0 atom stereocenters. The van der Waals surface area contributed by atoms with Gasteiger partial charge >= 0.3 is 0 Å². The first-order valence-electron chi connectivity index (χ1n) is 6.32. The molecule has 4 nitrogen and oxygen atoms in total. The number of hydrogen-bond acceptors (Lipinski definition) is 4. The molecule has 1 saturated heterocycles. The predicted molar refractivity (Wildman–Crippen MR) is 67.5 cm³/mol. The largest absolute Gasteiger partial charge is 0.490 e. The van der Waals surface area contributed by atoms with Gasteiger partial charge in [0.1, 0.15) is 0 Å². The number of piperidine rings is 1. The van der Waals surface area contributed by atoms with E-state index in [1.165, 1.54) is 0 Å². The van der Waals surface area contributed by atoms with Crippen LogP contribution in [0.25, 0.3) is 0 Å². The Kier molecular flexibility index (Phi) is 4.20. The summed E-state index contributed by atoms with van der Waals surface area (Å²) in [6, 6.07) is 3.86. The van der Waals surface area contributed by atoms with Crippen molar-refractivity contribution in [1.82, 2.24) is 4.98 Å². The van der Waals surface area contributed by atoms with Gasteiger partial charge in [-0.15, -0.1) is 0 Å². The topological polar surface area (TPSA) is 45.6 Å². The van der Waals surface area contributed by atoms with Crippen molar-refractivity contribution in [3.63, 3.8) is 0 Å². The van der Waals surface area contributed by atoms with E-state index < -0.39 is 0 Å². The maximum atomic E-state index is 9.51. The van der Waals surface area contributed by atoms with Crippen molar-refractivity contribution in [2.24, 2.45) is 0 Å². The Morgan fingerprint density at radius 2 is 2.24 bits per heavy atom. The molecule has 1 aromatic rings. The Hall–Kier alpha value is -1.29. The zero-order valence-corrected chi connectivity index (χ0v) is 10.3. The van der Waals surface area contributed by atoms with E-state index in [4.69, 9.17) is 4.74 Å². The highest BCUT2D eigenvalue weighted by Crippen LogP contribution is 2.27. The van der Waals surface area contributed by atoms with Gasteiger partial charge in [-0.3, -0.25) is 0 Å². The van der Waals surface area contributed by atoms with Gasteiger partial charge in [-0.2, -0.15) is 0 Å². The Morgan fingerprint density at radius 3 is 2.94 bits per heavy atom. The lowest BCUT2D eigenvalue weighted by atomic mass is 10.1. The highest BCUT2D eigenvalue weighted by Gasteiger charge is 2.20. The maximum Gasteiger partial charge on any atom is 0.171 e. The number of hydrogen-bond donors (Lipinski definition) is 1. The van der Waals surface area contributed by atoms with Crippen LogP contribution in [0, 0.1) is 0 Å². The molecule has 17 heavy (non-hydrogen) atoms. The lowest BCUT2D eigenvalue weighted by molar-refractivity contribution is 0.145. The Morgan fingerprint density at radius 1 is 1.47 bits per heavy atom. The number of aromatic nitrogens is 1. The van der Waals surface area contributed by atoms with Crippen LogP contribution in [-0.2, 0) is 0 Å². The van der Waals surface area contributed by atoms with Gasteiger partial charge in [0, 0.05) is 19.3 Å². The molecule has 1 fully saturated rings. The molecule has 0 saturated carbocycles. The van der Waals surface area contributed by atoms with E-state index >= 15 is 0 Å². The van der Waals surface area contributed by atoms with Crippen LogP contribution in [0.4, 0.5) is 5.82 Å². The lowest BCUT2D eigenvalue weighted by Gasteiger charge is -2.31. The molecule has 0 unspecified atom stereocenters. The van der Waals surface area contributed by atoms with E-state index in [2.05, 4.69) is 16.8 Å². The van der Waals surface area contributed by atoms with Crippen molar-refractivity contribution in [2.45, 2.75) is 32.3 Å². The molecule has 1 aliphatic rings. The summed E-state index contributed by atoms with van der Waals surface area (Å²) in [6.07, 6.45) is 4.25. The Bertz CT molecular complexity index is 349. The minimum Gasteiger partial charge on any atom is -0.490 e. The van der Waals surface area contributed by atoms with Crippen LogP contribution < -0.4 is 9.64 Å². The van der Waals surface area contributed by atoms with Gasteiger partial charge in [0.15, 0.2) is 11.6 Å². The fourth-order valence-corrected chi connectivity index (χ4v) is 2.02. The summed E-state index contributed by atoms with van der Waals surface area (Å²) >= 11 is 0. The fourth-order valence-electron chi connectivity index (χ4n) is 2.02. The molecular formula is C13H20N2O2. The summed E-state index contributed by atoms with van der Waals surface area (Å²) in [4.78, 5) is 6.59. The van der Waals surface area contributed by atoms with Crippen molar-refractivity contribution in [3.8, 4) is 5.75 Å².